The second-order valence-electron chi connectivity index (χ2n) is 2.57. The van der Waals surface area contributed by atoms with Gasteiger partial charge in [0.25, 0.3) is 0 Å². The van der Waals surface area contributed by atoms with Crippen molar-refractivity contribution in [1.29, 1.82) is 0 Å². The molecule has 0 aliphatic rings. The van der Waals surface area contributed by atoms with Gasteiger partial charge in [-0.3, -0.25) is 8.98 Å². The third kappa shape index (κ3) is 4.99. The van der Waals surface area contributed by atoms with Gasteiger partial charge >= 0.3 is 21.6 Å². The van der Waals surface area contributed by atoms with Crippen LogP contribution >= 0.6 is 11.6 Å². The van der Waals surface area contributed by atoms with Crippen molar-refractivity contribution in [2.45, 2.75) is 18.5 Å². The number of hydrogen-bond donors (Lipinski definition) is 0. The van der Waals surface area contributed by atoms with E-state index in [1.165, 1.54) is 0 Å². The predicted octanol–water partition coefficient (Wildman–Crippen LogP) is 1.02. The topological polar surface area (TPSA) is 69.7 Å². The molecule has 0 aromatic carbocycles. The number of halogens is 4. The van der Waals surface area contributed by atoms with E-state index in [9.17, 15) is 26.4 Å². The van der Waals surface area contributed by atoms with Crippen LogP contribution in [0.2, 0.25) is 0 Å². The minimum absolute atomic E-state index is 0.382. The summed E-state index contributed by atoms with van der Waals surface area (Å²) >= 11 is 5.22. The van der Waals surface area contributed by atoms with Gasteiger partial charge in [0.15, 0.2) is 0 Å². The smallest absolute Gasteiger partial charge is 0.459 e. The van der Waals surface area contributed by atoms with Crippen LogP contribution in [0.3, 0.4) is 0 Å². The van der Waals surface area contributed by atoms with Crippen LogP contribution in [0.1, 0.15) is 6.92 Å². The standard InChI is InChI=1S/C6H8ClF3O5S/c1-4(11)15-5(2-7)3-14-16(12,13)6(8,9)10/h5H,2-3H2,1H3/t5-/m0/s1. The fourth-order valence-corrected chi connectivity index (χ4v) is 1.19. The van der Waals surface area contributed by atoms with Crippen molar-refractivity contribution in [2.75, 3.05) is 12.5 Å². The molecule has 0 spiro atoms. The highest BCUT2D eigenvalue weighted by Gasteiger charge is 2.47. The minimum Gasteiger partial charge on any atom is -0.459 e. The fraction of sp³-hybridized carbons (Fsp3) is 0.833. The molecule has 0 bridgehead atoms. The Bertz CT molecular complexity index is 339. The summed E-state index contributed by atoms with van der Waals surface area (Å²) < 4.78 is 64.3. The molecule has 96 valence electrons. The van der Waals surface area contributed by atoms with Gasteiger partial charge in [-0.15, -0.1) is 11.6 Å². The van der Waals surface area contributed by atoms with Gasteiger partial charge in [-0.05, 0) is 0 Å². The number of hydrogen-bond acceptors (Lipinski definition) is 5. The van der Waals surface area contributed by atoms with Gasteiger partial charge in [0, 0.05) is 6.92 Å². The molecule has 0 fully saturated rings. The summed E-state index contributed by atoms with van der Waals surface area (Å²) in [7, 11) is -5.69. The van der Waals surface area contributed by atoms with Gasteiger partial charge in [-0.25, -0.2) is 0 Å². The van der Waals surface area contributed by atoms with Crippen LogP contribution in [-0.2, 0) is 23.8 Å². The number of carbonyl (C=O) groups excluding carboxylic acids is 1. The summed E-state index contributed by atoms with van der Waals surface area (Å²) in [5.41, 5.74) is -5.51. The third-order valence-corrected chi connectivity index (χ3v) is 2.55. The highest BCUT2D eigenvalue weighted by molar-refractivity contribution is 7.87. The molecular weight excluding hydrogens is 277 g/mol. The van der Waals surface area contributed by atoms with Gasteiger partial charge in [0.1, 0.15) is 12.7 Å². The lowest BCUT2D eigenvalue weighted by molar-refractivity contribution is -0.146. The molecule has 16 heavy (non-hydrogen) atoms. The molecule has 10 heteroatoms. The van der Waals surface area contributed by atoms with Crippen molar-refractivity contribution >= 4 is 27.7 Å². The first-order chi connectivity index (χ1) is 7.10. The van der Waals surface area contributed by atoms with Crippen molar-refractivity contribution in [2.24, 2.45) is 0 Å². The van der Waals surface area contributed by atoms with Gasteiger partial charge < -0.3 is 4.74 Å². The summed E-state index contributed by atoms with van der Waals surface area (Å²) in [5, 5.41) is 0. The molecule has 0 aromatic rings. The molecule has 0 amide bonds. The average molecular weight is 285 g/mol. The molecular formula is C6H8ClF3O5S. The van der Waals surface area contributed by atoms with Gasteiger partial charge in [-0.2, -0.15) is 21.6 Å². The largest absolute Gasteiger partial charge is 0.523 e. The number of ether oxygens (including phenoxy) is 1. The maximum Gasteiger partial charge on any atom is 0.523 e. The first-order valence-electron chi connectivity index (χ1n) is 3.79. The Morgan fingerprint density at radius 2 is 1.94 bits per heavy atom. The van der Waals surface area contributed by atoms with Crippen LogP contribution in [0.5, 0.6) is 0 Å². The molecule has 0 saturated carbocycles. The number of alkyl halides is 4. The number of esters is 1. The SMILES string of the molecule is CC(=O)O[C@@H](CCl)COS(=O)(=O)C(F)(F)F. The van der Waals surface area contributed by atoms with Crippen molar-refractivity contribution < 1.29 is 35.3 Å². The highest BCUT2D eigenvalue weighted by atomic mass is 35.5. The van der Waals surface area contributed by atoms with E-state index >= 15 is 0 Å². The first kappa shape index (κ1) is 15.5. The summed E-state index contributed by atoms with van der Waals surface area (Å²) in [6.07, 6.45) is -1.25. The predicted molar refractivity (Wildman–Crippen MR) is 47.2 cm³/mol. The quantitative estimate of drug-likeness (QED) is 0.326. The normalized spacial score (nSPS) is 14.6. The Kier molecular flexibility index (Phi) is 5.50. The van der Waals surface area contributed by atoms with Crippen molar-refractivity contribution in [1.82, 2.24) is 0 Å². The van der Waals surface area contributed by atoms with Crippen molar-refractivity contribution in [3.63, 3.8) is 0 Å². The zero-order chi connectivity index (χ0) is 13.0. The fourth-order valence-electron chi connectivity index (χ4n) is 0.577. The lowest BCUT2D eigenvalue weighted by Gasteiger charge is -2.14. The molecule has 1 atom stereocenters. The highest BCUT2D eigenvalue weighted by Crippen LogP contribution is 2.24. The van der Waals surface area contributed by atoms with Crippen LogP contribution < -0.4 is 0 Å². The Labute approximate surface area is 94.6 Å². The molecule has 0 aromatic heterocycles. The maximum absolute atomic E-state index is 11.8. The molecule has 0 N–H and O–H groups in total. The Balaban J connectivity index is 4.38. The maximum atomic E-state index is 11.8. The van der Waals surface area contributed by atoms with E-state index < -0.39 is 34.3 Å². The van der Waals surface area contributed by atoms with E-state index in [2.05, 4.69) is 8.92 Å². The Morgan fingerprint density at radius 3 is 2.25 bits per heavy atom. The van der Waals surface area contributed by atoms with Crippen LogP contribution in [0.15, 0.2) is 0 Å². The molecule has 5 nitrogen and oxygen atoms in total. The van der Waals surface area contributed by atoms with E-state index in [1.54, 1.807) is 0 Å². The Hall–Kier alpha value is -0.540. The molecule has 0 radical (unpaired) electrons. The molecule has 0 rings (SSSR count). The lowest BCUT2D eigenvalue weighted by atomic mass is 10.4. The molecule has 0 heterocycles. The van der Waals surface area contributed by atoms with Gasteiger partial charge in [0.05, 0.1) is 5.88 Å². The second-order valence-corrected chi connectivity index (χ2v) is 4.49. The Morgan fingerprint density at radius 1 is 1.44 bits per heavy atom. The van der Waals surface area contributed by atoms with Gasteiger partial charge in [-0.1, -0.05) is 0 Å². The van der Waals surface area contributed by atoms with Crippen molar-refractivity contribution in [3.05, 3.63) is 0 Å². The summed E-state index contributed by atoms with van der Waals surface area (Å²) in [4.78, 5) is 10.4. The van der Waals surface area contributed by atoms with Crippen LogP contribution in [-0.4, -0.2) is 38.5 Å². The molecule has 0 saturated heterocycles. The van der Waals surface area contributed by atoms with Crippen LogP contribution in [0, 0.1) is 0 Å². The van der Waals surface area contributed by atoms with E-state index in [4.69, 9.17) is 11.6 Å². The summed E-state index contributed by atoms with van der Waals surface area (Å²) in [6.45, 7) is 0.0166. The van der Waals surface area contributed by atoms with E-state index in [1.807, 2.05) is 0 Å². The zero-order valence-electron chi connectivity index (χ0n) is 7.95. The van der Waals surface area contributed by atoms with E-state index in [0.717, 1.165) is 6.92 Å². The molecule has 0 unspecified atom stereocenters. The van der Waals surface area contributed by atoms with E-state index in [-0.39, 0.29) is 5.88 Å². The first-order valence-corrected chi connectivity index (χ1v) is 5.73. The lowest BCUT2D eigenvalue weighted by Crippen LogP contribution is -2.31. The second kappa shape index (κ2) is 5.69. The minimum atomic E-state index is -5.69. The monoisotopic (exact) mass is 284 g/mol. The van der Waals surface area contributed by atoms with Crippen LogP contribution in [0.25, 0.3) is 0 Å². The number of rotatable bonds is 5. The summed E-state index contributed by atoms with van der Waals surface area (Å²) in [6, 6.07) is 0. The third-order valence-electron chi connectivity index (χ3n) is 1.20. The van der Waals surface area contributed by atoms with E-state index in [0.29, 0.717) is 0 Å². The summed E-state index contributed by atoms with van der Waals surface area (Å²) in [5.74, 6) is -1.19. The zero-order valence-corrected chi connectivity index (χ0v) is 9.53. The van der Waals surface area contributed by atoms with Crippen LogP contribution in [0.4, 0.5) is 13.2 Å². The van der Waals surface area contributed by atoms with Gasteiger partial charge in [0.2, 0.25) is 0 Å². The molecule has 0 aliphatic heterocycles. The average Bonchev–Trinajstić information content (AvgIpc) is 2.09. The van der Waals surface area contributed by atoms with Crippen molar-refractivity contribution in [3.8, 4) is 0 Å². The number of carbonyl (C=O) groups is 1. The molecule has 0 aliphatic carbocycles.